The molecule has 0 radical (unpaired) electrons. The summed E-state index contributed by atoms with van der Waals surface area (Å²) in [5.74, 6) is 0.896. The monoisotopic (exact) mass is 962 g/mol. The van der Waals surface area contributed by atoms with Crippen LogP contribution in [0.4, 0.5) is 28.3 Å². The molecule has 2 aliphatic heterocycles. The standard InChI is InChI=1S/C24H25Cl2N7O4S.C15H17Cl2N5OS/c1-31-22(35)19(38-17-4-2-3-15(25)18(17)26)20(27)30-23(31)33-11-9-32(10-12-33)21(34)16(29-24(36)37)13-14-5-7-28-8-6-14;1-21-14(23)12(24-10-4-2-3-9(16)11(10)17)13(18)20-15(21)22-7-5-19-6-8-22/h2-8,16,29H,9-13,27H2,1H3,(H,36,37);2-4,19H,5-8,18H2,1H3/t16-;/m1./s1. The van der Waals surface area contributed by atoms with Gasteiger partial charge in [-0.2, -0.15) is 9.97 Å². The van der Waals surface area contributed by atoms with Gasteiger partial charge in [0.15, 0.2) is 0 Å². The van der Waals surface area contributed by atoms with E-state index in [2.05, 4.69) is 30.5 Å². The van der Waals surface area contributed by atoms with E-state index in [1.165, 1.54) is 20.9 Å². The highest BCUT2D eigenvalue weighted by Crippen LogP contribution is 2.39. The molecule has 0 spiro atoms. The van der Waals surface area contributed by atoms with E-state index in [1.807, 2.05) is 4.90 Å². The zero-order chi connectivity index (χ0) is 44.7. The van der Waals surface area contributed by atoms with E-state index in [-0.39, 0.29) is 40.0 Å². The first-order valence-corrected chi connectivity index (χ1v) is 22.1. The fraction of sp³-hybridized carbons (Fsp3) is 0.308. The van der Waals surface area contributed by atoms with Gasteiger partial charge in [-0.05, 0) is 42.0 Å². The fourth-order valence-electron chi connectivity index (χ4n) is 6.59. The SMILES string of the molecule is Cn1c(N2CCN(C(=O)[C@@H](Cc3ccncc3)NC(=O)O)CC2)nc(N)c(Sc2cccc(Cl)c2Cl)c1=O.Cn1c(N2CCNCC2)nc(N)c(Sc2cccc(Cl)c2Cl)c1=O. The van der Waals surface area contributed by atoms with Crippen LogP contribution in [0.1, 0.15) is 5.56 Å². The second-order valence-corrected chi connectivity index (χ2v) is 17.6. The molecule has 62 heavy (non-hydrogen) atoms. The normalized spacial score (nSPS) is 14.5. The zero-order valence-corrected chi connectivity index (χ0v) is 38.0. The van der Waals surface area contributed by atoms with Crippen molar-refractivity contribution in [1.82, 2.24) is 39.6 Å². The van der Waals surface area contributed by atoms with Crippen LogP contribution in [0, 0.1) is 0 Å². The number of pyridine rings is 1. The average molecular weight is 965 g/mol. The molecule has 23 heteroatoms. The molecule has 3 aromatic heterocycles. The van der Waals surface area contributed by atoms with E-state index >= 15 is 0 Å². The number of amides is 2. The number of hydrogen-bond donors (Lipinski definition) is 5. The van der Waals surface area contributed by atoms with Gasteiger partial charge >= 0.3 is 6.09 Å². The maximum Gasteiger partial charge on any atom is 0.405 e. The van der Waals surface area contributed by atoms with Crippen molar-refractivity contribution in [3.63, 3.8) is 0 Å². The minimum absolute atomic E-state index is 0.0609. The summed E-state index contributed by atoms with van der Waals surface area (Å²) in [6.07, 6.45) is 2.11. The van der Waals surface area contributed by atoms with Crippen LogP contribution in [-0.2, 0) is 25.3 Å². The molecule has 328 valence electrons. The largest absolute Gasteiger partial charge is 0.465 e. The van der Waals surface area contributed by atoms with Crippen molar-refractivity contribution in [2.45, 2.75) is 32.0 Å². The lowest BCUT2D eigenvalue weighted by molar-refractivity contribution is -0.133. The van der Waals surface area contributed by atoms with Crippen LogP contribution in [0.15, 0.2) is 90.1 Å². The Balaban J connectivity index is 0.000000229. The summed E-state index contributed by atoms with van der Waals surface area (Å²) in [7, 11) is 3.31. The van der Waals surface area contributed by atoms with Crippen molar-refractivity contribution >= 4 is 105 Å². The molecule has 7 rings (SSSR count). The number of carboxylic acid groups (broad SMARTS) is 1. The van der Waals surface area contributed by atoms with Crippen LogP contribution >= 0.6 is 69.9 Å². The first-order valence-electron chi connectivity index (χ1n) is 19.0. The Kier molecular flexibility index (Phi) is 15.8. The first kappa shape index (κ1) is 46.6. The first-order chi connectivity index (χ1) is 29.6. The van der Waals surface area contributed by atoms with E-state index in [4.69, 9.17) is 57.9 Å². The molecule has 2 aromatic carbocycles. The number of carbonyl (C=O) groups is 2. The van der Waals surface area contributed by atoms with E-state index in [1.54, 1.807) is 79.9 Å². The van der Waals surface area contributed by atoms with E-state index in [9.17, 15) is 24.3 Å². The number of nitrogens with one attached hydrogen (secondary N) is 2. The van der Waals surface area contributed by atoms with Gasteiger partial charge < -0.3 is 41.9 Å². The summed E-state index contributed by atoms with van der Waals surface area (Å²) in [5.41, 5.74) is 12.5. The van der Waals surface area contributed by atoms with Crippen molar-refractivity contribution in [2.24, 2.45) is 14.1 Å². The Hall–Kier alpha value is -4.89. The molecule has 7 N–H and O–H groups in total. The maximum atomic E-state index is 13.2. The Morgan fingerprint density at radius 3 is 1.69 bits per heavy atom. The zero-order valence-electron chi connectivity index (χ0n) is 33.4. The summed E-state index contributed by atoms with van der Waals surface area (Å²) in [6.45, 7) is 4.67. The average Bonchev–Trinajstić information content (AvgIpc) is 3.27. The van der Waals surface area contributed by atoms with E-state index in [0.717, 1.165) is 43.5 Å². The molecule has 2 aliphatic rings. The number of carbonyl (C=O) groups excluding carboxylic acids is 1. The molecule has 0 saturated carbocycles. The van der Waals surface area contributed by atoms with Crippen molar-refractivity contribution in [1.29, 1.82) is 0 Å². The molecular weight excluding hydrogens is 922 g/mol. The molecule has 0 unspecified atom stereocenters. The van der Waals surface area contributed by atoms with Crippen molar-refractivity contribution in [3.8, 4) is 0 Å². The summed E-state index contributed by atoms with van der Waals surface area (Å²) in [5, 5.41) is 16.4. The van der Waals surface area contributed by atoms with Crippen LogP contribution in [-0.4, -0.2) is 104 Å². The number of rotatable bonds is 10. The number of benzene rings is 2. The quantitative estimate of drug-likeness (QED) is 0.125. The number of halogens is 4. The van der Waals surface area contributed by atoms with Gasteiger partial charge in [-0.15, -0.1) is 0 Å². The number of nitrogens with zero attached hydrogens (tertiary/aromatic N) is 8. The molecule has 2 amide bonds. The van der Waals surface area contributed by atoms with Gasteiger partial charge in [-0.25, -0.2) is 4.79 Å². The second kappa shape index (κ2) is 21.0. The highest BCUT2D eigenvalue weighted by atomic mass is 35.5. The number of nitrogens with two attached hydrogens (primary N) is 2. The van der Waals surface area contributed by atoms with Crippen LogP contribution in [0.3, 0.4) is 0 Å². The topological polar surface area (TPSA) is 223 Å². The molecule has 17 nitrogen and oxygen atoms in total. The van der Waals surface area contributed by atoms with Crippen molar-refractivity contribution in [3.05, 3.63) is 107 Å². The minimum Gasteiger partial charge on any atom is -0.465 e. The van der Waals surface area contributed by atoms with E-state index in [0.29, 0.717) is 72.9 Å². The highest BCUT2D eigenvalue weighted by Gasteiger charge is 2.31. The number of aromatic nitrogens is 5. The Morgan fingerprint density at radius 2 is 1.23 bits per heavy atom. The van der Waals surface area contributed by atoms with Gasteiger partial charge in [0.1, 0.15) is 27.5 Å². The van der Waals surface area contributed by atoms with Crippen molar-refractivity contribution < 1.29 is 14.7 Å². The van der Waals surface area contributed by atoms with Gasteiger partial charge in [-0.1, -0.05) is 82.1 Å². The molecule has 0 bridgehead atoms. The summed E-state index contributed by atoms with van der Waals surface area (Å²) >= 11 is 26.9. The predicted molar refractivity (Wildman–Crippen MR) is 246 cm³/mol. The number of hydrogen-bond acceptors (Lipinski definition) is 14. The summed E-state index contributed by atoms with van der Waals surface area (Å²) in [6, 6.07) is 12.9. The van der Waals surface area contributed by atoms with E-state index < -0.39 is 12.1 Å². The summed E-state index contributed by atoms with van der Waals surface area (Å²) < 4.78 is 2.94. The number of nitrogen functional groups attached to an aromatic ring is 2. The third-order valence-electron chi connectivity index (χ3n) is 9.82. The molecule has 5 aromatic rings. The van der Waals surface area contributed by atoms with Gasteiger partial charge in [0.05, 0.1) is 20.1 Å². The third kappa shape index (κ3) is 11.0. The number of anilines is 4. The lowest BCUT2D eigenvalue weighted by Crippen LogP contribution is -2.56. The predicted octanol–water partition coefficient (Wildman–Crippen LogP) is 4.97. The van der Waals surface area contributed by atoms with Crippen LogP contribution in [0.25, 0.3) is 0 Å². The van der Waals surface area contributed by atoms with Gasteiger partial charge in [0, 0.05) is 95.1 Å². The molecule has 2 fully saturated rings. The number of piperazine rings is 2. The smallest absolute Gasteiger partial charge is 0.405 e. The van der Waals surface area contributed by atoms with Gasteiger partial charge in [-0.3, -0.25) is 28.5 Å². The summed E-state index contributed by atoms with van der Waals surface area (Å²) in [4.78, 5) is 70.7. The molecule has 5 heterocycles. The molecule has 0 aliphatic carbocycles. The maximum absolute atomic E-state index is 13.2. The van der Waals surface area contributed by atoms with Gasteiger partial charge in [0.2, 0.25) is 17.8 Å². The van der Waals surface area contributed by atoms with Crippen LogP contribution < -0.4 is 43.0 Å². The molecule has 1 atom stereocenters. The third-order valence-corrected chi connectivity index (χ3v) is 14.0. The Morgan fingerprint density at radius 1 is 0.758 bits per heavy atom. The Labute approximate surface area is 384 Å². The lowest BCUT2D eigenvalue weighted by atomic mass is 10.1. The van der Waals surface area contributed by atoms with Crippen LogP contribution in [0.5, 0.6) is 0 Å². The lowest BCUT2D eigenvalue weighted by Gasteiger charge is -2.37. The highest BCUT2D eigenvalue weighted by molar-refractivity contribution is 7.99. The minimum atomic E-state index is -1.28. The van der Waals surface area contributed by atoms with Gasteiger partial charge in [0.25, 0.3) is 11.1 Å². The molecule has 2 saturated heterocycles. The second-order valence-electron chi connectivity index (χ2n) is 13.9. The Bertz CT molecular complexity index is 2560. The molecular formula is C39H42Cl4N12O5S2. The fourth-order valence-corrected chi connectivity index (χ4v) is 9.42. The van der Waals surface area contributed by atoms with Crippen LogP contribution in [0.2, 0.25) is 20.1 Å². The van der Waals surface area contributed by atoms with Crippen molar-refractivity contribution in [2.75, 3.05) is 73.6 Å².